The van der Waals surface area contributed by atoms with Gasteiger partial charge in [-0.2, -0.15) is 0 Å². The van der Waals surface area contributed by atoms with Crippen molar-refractivity contribution in [3.63, 3.8) is 0 Å². The number of aromatic nitrogens is 4. The van der Waals surface area contributed by atoms with E-state index in [1.54, 1.807) is 10.9 Å². The molecule has 7 nitrogen and oxygen atoms in total. The number of rotatable bonds is 6. The summed E-state index contributed by atoms with van der Waals surface area (Å²) < 4.78 is 1.78. The first-order chi connectivity index (χ1) is 14.8. The van der Waals surface area contributed by atoms with Crippen LogP contribution in [-0.4, -0.2) is 25.9 Å². The van der Waals surface area contributed by atoms with Gasteiger partial charge in [0, 0.05) is 11.6 Å². The van der Waals surface area contributed by atoms with E-state index in [-0.39, 0.29) is 5.91 Å². The minimum absolute atomic E-state index is 0.273. The predicted octanol–water partition coefficient (Wildman–Crippen LogP) is 4.54. The van der Waals surface area contributed by atoms with Gasteiger partial charge in [-0.3, -0.25) is 4.79 Å². The summed E-state index contributed by atoms with van der Waals surface area (Å²) in [6.07, 6.45) is 3.71. The lowest BCUT2D eigenvalue weighted by molar-refractivity contribution is 0.102. The standard InChI is InChI=1S/C23H20N6O/c30-23(26-18-13-14-20(24-15-18)25-17-7-3-1-4-8-17)21-22(16-11-12-16)29(28-27-21)19-9-5-2-6-10-19/h1-10,13-16H,11-12H2,(H,24,25)(H,26,30). The van der Waals surface area contributed by atoms with E-state index in [0.29, 0.717) is 23.1 Å². The Morgan fingerprint density at radius 2 is 1.63 bits per heavy atom. The molecule has 2 aromatic heterocycles. The first-order valence-corrected chi connectivity index (χ1v) is 9.88. The smallest absolute Gasteiger partial charge is 0.278 e. The van der Waals surface area contributed by atoms with Gasteiger partial charge in [-0.25, -0.2) is 9.67 Å². The van der Waals surface area contributed by atoms with Crippen molar-refractivity contribution >= 4 is 23.1 Å². The quantitative estimate of drug-likeness (QED) is 0.500. The lowest BCUT2D eigenvalue weighted by Crippen LogP contribution is -2.15. The lowest BCUT2D eigenvalue weighted by atomic mass is 10.2. The third kappa shape index (κ3) is 3.77. The van der Waals surface area contributed by atoms with Crippen LogP contribution >= 0.6 is 0 Å². The van der Waals surface area contributed by atoms with E-state index in [9.17, 15) is 4.79 Å². The number of nitrogens with one attached hydrogen (secondary N) is 2. The number of benzene rings is 2. The zero-order valence-corrected chi connectivity index (χ0v) is 16.2. The highest BCUT2D eigenvalue weighted by Crippen LogP contribution is 2.42. The summed E-state index contributed by atoms with van der Waals surface area (Å²) in [5.41, 5.74) is 3.70. The maximum Gasteiger partial charge on any atom is 0.278 e. The van der Waals surface area contributed by atoms with Crippen LogP contribution in [0.2, 0.25) is 0 Å². The van der Waals surface area contributed by atoms with E-state index >= 15 is 0 Å². The van der Waals surface area contributed by atoms with Crippen LogP contribution in [0.5, 0.6) is 0 Å². The number of anilines is 3. The summed E-state index contributed by atoms with van der Waals surface area (Å²) >= 11 is 0. The number of amides is 1. The Morgan fingerprint density at radius 1 is 0.900 bits per heavy atom. The second kappa shape index (κ2) is 7.79. The lowest BCUT2D eigenvalue weighted by Gasteiger charge is -2.09. The molecule has 7 heteroatoms. The highest BCUT2D eigenvalue weighted by Gasteiger charge is 2.34. The Labute approximate surface area is 173 Å². The topological polar surface area (TPSA) is 84.7 Å². The van der Waals surface area contributed by atoms with E-state index in [4.69, 9.17) is 0 Å². The van der Waals surface area contributed by atoms with Crippen molar-refractivity contribution in [1.82, 2.24) is 20.0 Å². The molecule has 0 bridgehead atoms. The molecule has 0 aliphatic heterocycles. The molecular formula is C23H20N6O. The van der Waals surface area contributed by atoms with Gasteiger partial charge in [0.25, 0.3) is 5.91 Å². The number of hydrogen-bond donors (Lipinski definition) is 2. The molecule has 1 amide bonds. The van der Waals surface area contributed by atoms with E-state index in [1.165, 1.54) is 0 Å². The second-order valence-electron chi connectivity index (χ2n) is 7.22. The predicted molar refractivity (Wildman–Crippen MR) is 115 cm³/mol. The number of carbonyl (C=O) groups excluding carboxylic acids is 1. The number of para-hydroxylation sites is 2. The van der Waals surface area contributed by atoms with Crippen LogP contribution in [0.25, 0.3) is 5.69 Å². The Hall–Kier alpha value is -4.00. The summed E-state index contributed by atoms with van der Waals surface area (Å²) in [7, 11) is 0. The van der Waals surface area contributed by atoms with Gasteiger partial charge in [0.2, 0.25) is 0 Å². The summed E-state index contributed by atoms with van der Waals surface area (Å²) in [6, 6.07) is 23.2. The minimum Gasteiger partial charge on any atom is -0.340 e. The van der Waals surface area contributed by atoms with Gasteiger partial charge in [-0.15, -0.1) is 5.10 Å². The van der Waals surface area contributed by atoms with Crippen LogP contribution in [0.15, 0.2) is 79.0 Å². The Balaban J connectivity index is 1.34. The molecule has 2 N–H and O–H groups in total. The van der Waals surface area contributed by atoms with Crippen molar-refractivity contribution in [3.8, 4) is 5.69 Å². The molecule has 2 heterocycles. The number of pyridine rings is 1. The third-order valence-corrected chi connectivity index (χ3v) is 4.95. The number of nitrogens with zero attached hydrogens (tertiary/aromatic N) is 4. The average Bonchev–Trinajstić information content (AvgIpc) is 3.54. The zero-order chi connectivity index (χ0) is 20.3. The van der Waals surface area contributed by atoms with Crippen LogP contribution < -0.4 is 10.6 Å². The first-order valence-electron chi connectivity index (χ1n) is 9.88. The molecule has 0 radical (unpaired) electrons. The molecule has 1 aliphatic rings. The first kappa shape index (κ1) is 18.1. The fraction of sp³-hybridized carbons (Fsp3) is 0.130. The monoisotopic (exact) mass is 396 g/mol. The largest absolute Gasteiger partial charge is 0.340 e. The van der Waals surface area contributed by atoms with Crippen molar-refractivity contribution < 1.29 is 4.79 Å². The second-order valence-corrected chi connectivity index (χ2v) is 7.22. The van der Waals surface area contributed by atoms with E-state index in [2.05, 4.69) is 25.9 Å². The molecule has 1 saturated carbocycles. The number of carbonyl (C=O) groups is 1. The van der Waals surface area contributed by atoms with Crippen LogP contribution in [0.3, 0.4) is 0 Å². The fourth-order valence-corrected chi connectivity index (χ4v) is 3.34. The van der Waals surface area contributed by atoms with Crippen molar-refractivity contribution in [2.24, 2.45) is 0 Å². The van der Waals surface area contributed by atoms with Gasteiger partial charge < -0.3 is 10.6 Å². The third-order valence-electron chi connectivity index (χ3n) is 4.95. The molecule has 1 aliphatic carbocycles. The van der Waals surface area contributed by atoms with Crippen LogP contribution in [0.4, 0.5) is 17.2 Å². The molecule has 0 saturated heterocycles. The Kier molecular flexibility index (Phi) is 4.69. The van der Waals surface area contributed by atoms with Gasteiger partial charge >= 0.3 is 0 Å². The molecule has 0 atom stereocenters. The van der Waals surface area contributed by atoms with Crippen LogP contribution in [0.1, 0.15) is 34.9 Å². The maximum atomic E-state index is 12.9. The SMILES string of the molecule is O=C(Nc1ccc(Nc2ccccc2)nc1)c1nnn(-c2ccccc2)c1C1CC1. The normalized spacial score (nSPS) is 13.1. The molecule has 148 valence electrons. The Morgan fingerprint density at radius 3 is 2.30 bits per heavy atom. The van der Waals surface area contributed by atoms with Gasteiger partial charge in [-0.05, 0) is 49.2 Å². The van der Waals surface area contributed by atoms with Gasteiger partial charge in [-0.1, -0.05) is 41.6 Å². The van der Waals surface area contributed by atoms with Crippen molar-refractivity contribution in [3.05, 3.63) is 90.4 Å². The van der Waals surface area contributed by atoms with Crippen LogP contribution in [-0.2, 0) is 0 Å². The highest BCUT2D eigenvalue weighted by molar-refractivity contribution is 6.03. The minimum atomic E-state index is -0.273. The zero-order valence-electron chi connectivity index (χ0n) is 16.2. The molecule has 0 spiro atoms. The van der Waals surface area contributed by atoms with Crippen molar-refractivity contribution in [2.45, 2.75) is 18.8 Å². The van der Waals surface area contributed by atoms with Gasteiger partial charge in [0.1, 0.15) is 5.82 Å². The summed E-state index contributed by atoms with van der Waals surface area (Å²) in [5.74, 6) is 0.745. The highest BCUT2D eigenvalue weighted by atomic mass is 16.2. The van der Waals surface area contributed by atoms with Crippen molar-refractivity contribution in [1.29, 1.82) is 0 Å². The summed E-state index contributed by atoms with van der Waals surface area (Å²) in [6.45, 7) is 0. The summed E-state index contributed by atoms with van der Waals surface area (Å²) in [4.78, 5) is 17.3. The fourth-order valence-electron chi connectivity index (χ4n) is 3.34. The molecule has 30 heavy (non-hydrogen) atoms. The molecule has 0 unspecified atom stereocenters. The van der Waals surface area contributed by atoms with E-state index in [0.717, 1.165) is 29.9 Å². The molecule has 2 aromatic carbocycles. The number of hydrogen-bond acceptors (Lipinski definition) is 5. The van der Waals surface area contributed by atoms with Gasteiger partial charge in [0.05, 0.1) is 23.3 Å². The van der Waals surface area contributed by atoms with E-state index < -0.39 is 0 Å². The maximum absolute atomic E-state index is 12.9. The Bertz CT molecular complexity index is 1150. The molecular weight excluding hydrogens is 376 g/mol. The average molecular weight is 396 g/mol. The molecule has 1 fully saturated rings. The van der Waals surface area contributed by atoms with Crippen LogP contribution in [0, 0.1) is 0 Å². The molecule has 4 aromatic rings. The molecule has 5 rings (SSSR count). The van der Waals surface area contributed by atoms with E-state index in [1.807, 2.05) is 72.8 Å². The van der Waals surface area contributed by atoms with Crippen molar-refractivity contribution in [2.75, 3.05) is 10.6 Å². The summed E-state index contributed by atoms with van der Waals surface area (Å²) in [5, 5.41) is 14.6. The van der Waals surface area contributed by atoms with Gasteiger partial charge in [0.15, 0.2) is 5.69 Å².